The summed E-state index contributed by atoms with van der Waals surface area (Å²) in [6, 6.07) is 5.87. The number of hydrogen-bond donors (Lipinski definition) is 0. The van der Waals surface area contributed by atoms with E-state index < -0.39 is 0 Å². The van der Waals surface area contributed by atoms with E-state index in [2.05, 4.69) is 26.0 Å². The maximum Gasteiger partial charge on any atom is 0.156 e. The third-order valence-corrected chi connectivity index (χ3v) is 3.39. The molecule has 0 radical (unpaired) electrons. The number of aromatic nitrogens is 3. The molecule has 1 fully saturated rings. The van der Waals surface area contributed by atoms with E-state index in [1.165, 1.54) is 0 Å². The van der Waals surface area contributed by atoms with E-state index in [4.69, 9.17) is 4.74 Å². The van der Waals surface area contributed by atoms with E-state index in [0.717, 1.165) is 41.9 Å². The van der Waals surface area contributed by atoms with Crippen LogP contribution in [0.2, 0.25) is 0 Å². The highest BCUT2D eigenvalue weighted by Crippen LogP contribution is 2.17. The standard InChI is InChI=1S/C11H12BrN3O/c12-9-4-1-5-11-13-10(14-15(9)11)7-8-3-2-6-16-8/h1,4-5,8H,2-3,6-7H2. The van der Waals surface area contributed by atoms with Crippen LogP contribution in [0.15, 0.2) is 22.8 Å². The first-order valence-corrected chi connectivity index (χ1v) is 6.24. The lowest BCUT2D eigenvalue weighted by Gasteiger charge is -2.04. The monoisotopic (exact) mass is 281 g/mol. The number of ether oxygens (including phenoxy) is 1. The van der Waals surface area contributed by atoms with Crippen molar-refractivity contribution in [1.82, 2.24) is 14.6 Å². The van der Waals surface area contributed by atoms with Crippen LogP contribution in [0.5, 0.6) is 0 Å². The summed E-state index contributed by atoms with van der Waals surface area (Å²) in [4.78, 5) is 4.48. The predicted molar refractivity (Wildman–Crippen MR) is 63.4 cm³/mol. The minimum absolute atomic E-state index is 0.302. The molecule has 0 aromatic carbocycles. The van der Waals surface area contributed by atoms with Gasteiger partial charge in [0.05, 0.1) is 6.10 Å². The van der Waals surface area contributed by atoms with Gasteiger partial charge >= 0.3 is 0 Å². The average Bonchev–Trinajstić information content (AvgIpc) is 2.88. The Morgan fingerprint density at radius 1 is 1.50 bits per heavy atom. The Bertz CT molecular complexity index is 505. The summed E-state index contributed by atoms with van der Waals surface area (Å²) in [5, 5.41) is 4.45. The predicted octanol–water partition coefficient (Wildman–Crippen LogP) is 2.21. The van der Waals surface area contributed by atoms with Crippen molar-refractivity contribution in [3.8, 4) is 0 Å². The van der Waals surface area contributed by atoms with E-state index in [1.54, 1.807) is 0 Å². The summed E-state index contributed by atoms with van der Waals surface area (Å²) >= 11 is 3.45. The molecule has 0 amide bonds. The van der Waals surface area contributed by atoms with Crippen molar-refractivity contribution < 1.29 is 4.74 Å². The SMILES string of the molecule is Brc1cccc2nc(CC3CCCO3)nn12. The number of pyridine rings is 1. The van der Waals surface area contributed by atoms with Crippen molar-refractivity contribution in [2.75, 3.05) is 6.61 Å². The molecule has 1 unspecified atom stereocenters. The molecule has 1 saturated heterocycles. The molecular formula is C11H12BrN3O. The molecule has 3 heterocycles. The molecular weight excluding hydrogens is 270 g/mol. The van der Waals surface area contributed by atoms with E-state index in [-0.39, 0.29) is 0 Å². The van der Waals surface area contributed by atoms with Crippen molar-refractivity contribution >= 4 is 21.6 Å². The van der Waals surface area contributed by atoms with Crippen molar-refractivity contribution in [3.05, 3.63) is 28.6 Å². The molecule has 2 aromatic heterocycles. The fourth-order valence-corrected chi connectivity index (χ4v) is 2.43. The van der Waals surface area contributed by atoms with E-state index in [1.807, 2.05) is 22.7 Å². The molecule has 84 valence electrons. The maximum absolute atomic E-state index is 5.58. The van der Waals surface area contributed by atoms with Crippen molar-refractivity contribution in [3.63, 3.8) is 0 Å². The van der Waals surface area contributed by atoms with Crippen LogP contribution >= 0.6 is 15.9 Å². The number of halogens is 1. The van der Waals surface area contributed by atoms with Gasteiger partial charge in [0.25, 0.3) is 0 Å². The lowest BCUT2D eigenvalue weighted by Crippen LogP contribution is -2.10. The van der Waals surface area contributed by atoms with Gasteiger partial charge in [-0.15, -0.1) is 0 Å². The minimum Gasteiger partial charge on any atom is -0.378 e. The molecule has 5 heteroatoms. The molecule has 0 aliphatic carbocycles. The van der Waals surface area contributed by atoms with Crippen LogP contribution in [0.1, 0.15) is 18.7 Å². The highest BCUT2D eigenvalue weighted by atomic mass is 79.9. The molecule has 2 aromatic rings. The second-order valence-electron chi connectivity index (χ2n) is 3.99. The van der Waals surface area contributed by atoms with Gasteiger partial charge in [-0.2, -0.15) is 5.10 Å². The number of fused-ring (bicyclic) bond motifs is 1. The van der Waals surface area contributed by atoms with Crippen LogP contribution in [0.4, 0.5) is 0 Å². The maximum atomic E-state index is 5.58. The zero-order chi connectivity index (χ0) is 11.0. The third-order valence-electron chi connectivity index (χ3n) is 2.79. The van der Waals surface area contributed by atoms with Crippen LogP contribution in [0.25, 0.3) is 5.65 Å². The smallest absolute Gasteiger partial charge is 0.156 e. The first-order chi connectivity index (χ1) is 7.83. The Balaban J connectivity index is 1.90. The van der Waals surface area contributed by atoms with Gasteiger partial charge in [-0.1, -0.05) is 6.07 Å². The molecule has 3 rings (SSSR count). The normalized spacial score (nSPS) is 20.7. The average molecular weight is 282 g/mol. The van der Waals surface area contributed by atoms with Crippen molar-refractivity contribution in [2.45, 2.75) is 25.4 Å². The second kappa shape index (κ2) is 4.14. The highest BCUT2D eigenvalue weighted by Gasteiger charge is 2.18. The Morgan fingerprint density at radius 3 is 3.19 bits per heavy atom. The van der Waals surface area contributed by atoms with Crippen LogP contribution in [0.3, 0.4) is 0 Å². The van der Waals surface area contributed by atoms with Crippen LogP contribution in [-0.2, 0) is 11.2 Å². The molecule has 0 N–H and O–H groups in total. The summed E-state index contributed by atoms with van der Waals surface area (Å²) in [5.41, 5.74) is 0.877. The first kappa shape index (κ1) is 10.2. The van der Waals surface area contributed by atoms with Gasteiger partial charge in [-0.3, -0.25) is 0 Å². The second-order valence-corrected chi connectivity index (χ2v) is 4.80. The van der Waals surface area contributed by atoms with Gasteiger partial charge < -0.3 is 4.74 Å². The topological polar surface area (TPSA) is 39.4 Å². The van der Waals surface area contributed by atoms with Gasteiger partial charge in [0.2, 0.25) is 0 Å². The molecule has 16 heavy (non-hydrogen) atoms. The summed E-state index contributed by atoms with van der Waals surface area (Å²) in [6.45, 7) is 0.877. The van der Waals surface area contributed by atoms with Crippen LogP contribution in [0, 0.1) is 0 Å². The van der Waals surface area contributed by atoms with Gasteiger partial charge in [0.1, 0.15) is 4.60 Å². The van der Waals surface area contributed by atoms with Crippen molar-refractivity contribution in [1.29, 1.82) is 0 Å². The van der Waals surface area contributed by atoms with Gasteiger partial charge in [-0.25, -0.2) is 9.50 Å². The van der Waals surface area contributed by atoms with Gasteiger partial charge in [-0.05, 0) is 40.9 Å². The Morgan fingerprint density at radius 2 is 2.44 bits per heavy atom. The van der Waals surface area contributed by atoms with Gasteiger partial charge in [0, 0.05) is 13.0 Å². The summed E-state index contributed by atoms with van der Waals surface area (Å²) in [5.74, 6) is 0.860. The molecule has 0 bridgehead atoms. The molecule has 0 saturated carbocycles. The molecule has 1 atom stereocenters. The van der Waals surface area contributed by atoms with Crippen molar-refractivity contribution in [2.24, 2.45) is 0 Å². The summed E-state index contributed by atoms with van der Waals surface area (Å²) < 4.78 is 8.32. The Hall–Kier alpha value is -0.940. The number of hydrogen-bond acceptors (Lipinski definition) is 3. The fraction of sp³-hybridized carbons (Fsp3) is 0.455. The lowest BCUT2D eigenvalue weighted by atomic mass is 10.2. The number of rotatable bonds is 2. The largest absolute Gasteiger partial charge is 0.378 e. The van der Waals surface area contributed by atoms with E-state index in [9.17, 15) is 0 Å². The zero-order valence-corrected chi connectivity index (χ0v) is 10.4. The van der Waals surface area contributed by atoms with E-state index >= 15 is 0 Å². The van der Waals surface area contributed by atoms with E-state index in [0.29, 0.717) is 6.10 Å². The molecule has 1 aliphatic heterocycles. The quantitative estimate of drug-likeness (QED) is 0.793. The Labute approximate surface area is 102 Å². The minimum atomic E-state index is 0.302. The summed E-state index contributed by atoms with van der Waals surface area (Å²) in [7, 11) is 0. The molecule has 1 aliphatic rings. The Kier molecular flexibility index (Phi) is 2.65. The zero-order valence-electron chi connectivity index (χ0n) is 8.77. The third kappa shape index (κ3) is 1.85. The molecule has 4 nitrogen and oxygen atoms in total. The lowest BCUT2D eigenvalue weighted by molar-refractivity contribution is 0.110. The van der Waals surface area contributed by atoms with Crippen LogP contribution < -0.4 is 0 Å². The molecule has 0 spiro atoms. The fourth-order valence-electron chi connectivity index (χ4n) is 2.01. The summed E-state index contributed by atoms with van der Waals surface area (Å²) in [6.07, 6.45) is 3.39. The number of nitrogens with zero attached hydrogens (tertiary/aromatic N) is 3. The first-order valence-electron chi connectivity index (χ1n) is 5.45. The van der Waals surface area contributed by atoms with Gasteiger partial charge in [0.15, 0.2) is 11.5 Å². The van der Waals surface area contributed by atoms with Crippen LogP contribution in [-0.4, -0.2) is 27.3 Å². The highest BCUT2D eigenvalue weighted by molar-refractivity contribution is 9.10.